The highest BCUT2D eigenvalue weighted by atomic mass is 35.5. The van der Waals surface area contributed by atoms with E-state index in [-0.39, 0.29) is 0 Å². The minimum atomic E-state index is -1.38. The first-order valence-corrected chi connectivity index (χ1v) is 7.36. The highest BCUT2D eigenvalue weighted by molar-refractivity contribution is 6.30. The molecule has 1 N–H and O–H groups in total. The summed E-state index contributed by atoms with van der Waals surface area (Å²) in [7, 11) is 0. The molecule has 0 saturated heterocycles. The fraction of sp³-hybridized carbons (Fsp3) is 0.0588. The summed E-state index contributed by atoms with van der Waals surface area (Å²) in [5, 5.41) is 12.6. The molecule has 0 spiro atoms. The molecule has 110 valence electrons. The number of nitrogens with zero attached hydrogens (tertiary/aromatic N) is 2. The Hall–Kier alpha value is -1.94. The molecule has 0 unspecified atom stereocenters. The third-order valence-electron chi connectivity index (χ3n) is 3.50. The molecular formula is C17H12Cl2N2O. The molecule has 3 nitrogen and oxygen atoms in total. The molecule has 3 aromatic rings. The smallest absolute Gasteiger partial charge is 0.143 e. The molecular weight excluding hydrogens is 319 g/mol. The second-order valence-corrected chi connectivity index (χ2v) is 5.72. The fourth-order valence-corrected chi connectivity index (χ4v) is 2.62. The van der Waals surface area contributed by atoms with Crippen molar-refractivity contribution in [2.75, 3.05) is 0 Å². The highest BCUT2D eigenvalue weighted by Gasteiger charge is 2.34. The Bertz CT molecular complexity index is 713. The van der Waals surface area contributed by atoms with Crippen LogP contribution < -0.4 is 0 Å². The highest BCUT2D eigenvalue weighted by Crippen LogP contribution is 2.36. The topological polar surface area (TPSA) is 46.0 Å². The van der Waals surface area contributed by atoms with Gasteiger partial charge in [0, 0.05) is 28.0 Å². The Kier molecular flexibility index (Phi) is 4.12. The Balaban J connectivity index is 2.22. The maximum atomic E-state index is 11.4. The Morgan fingerprint density at radius 2 is 1.09 bits per heavy atom. The van der Waals surface area contributed by atoms with Gasteiger partial charge >= 0.3 is 0 Å². The van der Waals surface area contributed by atoms with Crippen LogP contribution in [0.15, 0.2) is 67.3 Å². The van der Waals surface area contributed by atoms with E-state index in [1.165, 1.54) is 6.33 Å². The molecule has 22 heavy (non-hydrogen) atoms. The van der Waals surface area contributed by atoms with E-state index in [1.807, 2.05) is 0 Å². The predicted octanol–water partition coefficient (Wildman–Crippen LogP) is 4.07. The minimum absolute atomic E-state index is 0.569. The van der Waals surface area contributed by atoms with E-state index in [9.17, 15) is 5.11 Å². The molecule has 0 aliphatic heterocycles. The molecule has 1 aromatic heterocycles. The van der Waals surface area contributed by atoms with E-state index >= 15 is 0 Å². The van der Waals surface area contributed by atoms with Crippen LogP contribution in [0.3, 0.4) is 0 Å². The number of aliphatic hydroxyl groups is 1. The van der Waals surface area contributed by atoms with Gasteiger partial charge in [-0.05, 0) is 35.4 Å². The van der Waals surface area contributed by atoms with E-state index in [1.54, 1.807) is 60.9 Å². The van der Waals surface area contributed by atoms with Crippen molar-refractivity contribution < 1.29 is 5.11 Å². The quantitative estimate of drug-likeness (QED) is 0.787. The van der Waals surface area contributed by atoms with Crippen LogP contribution in [0.1, 0.15) is 16.7 Å². The summed E-state index contributed by atoms with van der Waals surface area (Å²) in [6, 6.07) is 14.1. The number of halogens is 2. The normalized spacial score (nSPS) is 11.4. The molecule has 1 heterocycles. The van der Waals surface area contributed by atoms with Crippen molar-refractivity contribution in [2.24, 2.45) is 0 Å². The SMILES string of the molecule is OC(c1ccc(Cl)cc1)(c1ccc(Cl)cc1)c1cncnc1. The summed E-state index contributed by atoms with van der Waals surface area (Å²) in [5.41, 5.74) is 0.541. The van der Waals surface area contributed by atoms with Crippen LogP contribution in [0.5, 0.6) is 0 Å². The zero-order valence-corrected chi connectivity index (χ0v) is 13.0. The first-order chi connectivity index (χ1) is 10.6. The summed E-state index contributed by atoms with van der Waals surface area (Å²) < 4.78 is 0. The summed E-state index contributed by atoms with van der Waals surface area (Å²) in [5.74, 6) is 0. The van der Waals surface area contributed by atoms with Crippen LogP contribution in [0.2, 0.25) is 10.0 Å². The number of aromatic nitrogens is 2. The molecule has 0 radical (unpaired) electrons. The van der Waals surface area contributed by atoms with Crippen LogP contribution in [-0.4, -0.2) is 15.1 Å². The Morgan fingerprint density at radius 3 is 1.50 bits per heavy atom. The van der Waals surface area contributed by atoms with Crippen molar-refractivity contribution in [2.45, 2.75) is 5.60 Å². The van der Waals surface area contributed by atoms with Crippen molar-refractivity contribution in [1.82, 2.24) is 9.97 Å². The second kappa shape index (κ2) is 6.05. The van der Waals surface area contributed by atoms with Gasteiger partial charge in [-0.3, -0.25) is 0 Å². The van der Waals surface area contributed by atoms with Crippen LogP contribution in [0, 0.1) is 0 Å². The minimum Gasteiger partial charge on any atom is -0.376 e. The number of hydrogen-bond donors (Lipinski definition) is 1. The summed E-state index contributed by atoms with van der Waals surface area (Å²) in [6.45, 7) is 0. The van der Waals surface area contributed by atoms with Crippen molar-refractivity contribution >= 4 is 23.2 Å². The van der Waals surface area contributed by atoms with Gasteiger partial charge in [0.1, 0.15) is 11.9 Å². The molecule has 0 aliphatic carbocycles. The van der Waals surface area contributed by atoms with Gasteiger partial charge in [0.05, 0.1) is 0 Å². The van der Waals surface area contributed by atoms with Crippen molar-refractivity contribution in [3.63, 3.8) is 0 Å². The van der Waals surface area contributed by atoms with Gasteiger partial charge < -0.3 is 5.11 Å². The van der Waals surface area contributed by atoms with Gasteiger partial charge in [0.25, 0.3) is 0 Å². The van der Waals surface area contributed by atoms with Crippen LogP contribution in [0.25, 0.3) is 0 Å². The third-order valence-corrected chi connectivity index (χ3v) is 4.01. The molecule has 0 bridgehead atoms. The first-order valence-electron chi connectivity index (χ1n) is 6.60. The molecule has 3 rings (SSSR count). The Morgan fingerprint density at radius 1 is 0.682 bits per heavy atom. The molecule has 0 fully saturated rings. The lowest BCUT2D eigenvalue weighted by molar-refractivity contribution is 0.125. The Labute approximate surface area is 138 Å². The maximum Gasteiger partial charge on any atom is 0.143 e. The van der Waals surface area contributed by atoms with E-state index in [4.69, 9.17) is 23.2 Å². The molecule has 0 saturated carbocycles. The van der Waals surface area contributed by atoms with Crippen LogP contribution >= 0.6 is 23.2 Å². The number of rotatable bonds is 3. The summed E-state index contributed by atoms with van der Waals surface area (Å²) >= 11 is 11.9. The maximum absolute atomic E-state index is 11.4. The lowest BCUT2D eigenvalue weighted by Crippen LogP contribution is -2.29. The van der Waals surface area contributed by atoms with Crippen LogP contribution in [0.4, 0.5) is 0 Å². The van der Waals surface area contributed by atoms with Crippen molar-refractivity contribution in [3.05, 3.63) is 94.0 Å². The zero-order chi connectivity index (χ0) is 15.6. The number of benzene rings is 2. The van der Waals surface area contributed by atoms with Gasteiger partial charge in [0.15, 0.2) is 0 Å². The largest absolute Gasteiger partial charge is 0.376 e. The molecule has 2 aromatic carbocycles. The lowest BCUT2D eigenvalue weighted by atomic mass is 9.82. The summed E-state index contributed by atoms with van der Waals surface area (Å²) in [6.07, 6.45) is 4.61. The van der Waals surface area contributed by atoms with Gasteiger partial charge in [-0.1, -0.05) is 47.5 Å². The average Bonchev–Trinajstić information content (AvgIpc) is 2.56. The molecule has 0 atom stereocenters. The standard InChI is InChI=1S/C17H12Cl2N2O/c18-15-5-1-12(2-6-15)17(22,14-9-20-11-21-10-14)13-3-7-16(19)8-4-13/h1-11,22H. The van der Waals surface area contributed by atoms with Crippen LogP contribution in [-0.2, 0) is 5.60 Å². The van der Waals surface area contributed by atoms with E-state index in [0.29, 0.717) is 26.7 Å². The summed E-state index contributed by atoms with van der Waals surface area (Å²) in [4.78, 5) is 8.03. The lowest BCUT2D eigenvalue weighted by Gasteiger charge is -2.29. The van der Waals surface area contributed by atoms with E-state index in [0.717, 1.165) is 0 Å². The second-order valence-electron chi connectivity index (χ2n) is 4.85. The van der Waals surface area contributed by atoms with Gasteiger partial charge in [-0.2, -0.15) is 0 Å². The van der Waals surface area contributed by atoms with Gasteiger partial charge in [-0.25, -0.2) is 9.97 Å². The third kappa shape index (κ3) is 2.71. The predicted molar refractivity (Wildman–Crippen MR) is 87.0 cm³/mol. The van der Waals surface area contributed by atoms with E-state index in [2.05, 4.69) is 9.97 Å². The van der Waals surface area contributed by atoms with Crippen molar-refractivity contribution in [1.29, 1.82) is 0 Å². The van der Waals surface area contributed by atoms with E-state index < -0.39 is 5.60 Å². The van der Waals surface area contributed by atoms with Crippen molar-refractivity contribution in [3.8, 4) is 0 Å². The zero-order valence-electron chi connectivity index (χ0n) is 11.4. The first kappa shape index (κ1) is 15.0. The average molecular weight is 331 g/mol. The van der Waals surface area contributed by atoms with Gasteiger partial charge in [-0.15, -0.1) is 0 Å². The molecule has 0 aliphatic rings. The molecule has 5 heteroatoms. The fourth-order valence-electron chi connectivity index (χ4n) is 2.37. The number of hydrogen-bond acceptors (Lipinski definition) is 3. The monoisotopic (exact) mass is 330 g/mol. The molecule has 0 amide bonds. The van der Waals surface area contributed by atoms with Gasteiger partial charge in [0.2, 0.25) is 0 Å².